The third-order valence-electron chi connectivity index (χ3n) is 6.11. The Bertz CT molecular complexity index is 1430. The molecule has 0 aromatic carbocycles. The summed E-state index contributed by atoms with van der Waals surface area (Å²) in [4.78, 5) is 28.5. The highest BCUT2D eigenvalue weighted by Crippen LogP contribution is 2.36. The SMILES string of the molecule is CC1CN(c2nc(-c3ccc(OC(C)C)nc3)ccc2C(=O)NS(=O)(=O)c2cccc(N)n2)CC(C)(C)C1.[HH]. The molecule has 0 radical (unpaired) electrons. The third kappa shape index (κ3) is 6.39. The van der Waals surface area contributed by atoms with Crippen LogP contribution in [0.3, 0.4) is 0 Å². The lowest BCUT2D eigenvalue weighted by Crippen LogP contribution is -2.45. The van der Waals surface area contributed by atoms with Gasteiger partial charge in [0.2, 0.25) is 5.88 Å². The van der Waals surface area contributed by atoms with Crippen molar-refractivity contribution in [2.24, 2.45) is 11.3 Å². The van der Waals surface area contributed by atoms with Gasteiger partial charge in [0.05, 0.1) is 17.4 Å². The predicted molar refractivity (Wildman–Crippen MR) is 148 cm³/mol. The quantitative estimate of drug-likeness (QED) is 0.452. The van der Waals surface area contributed by atoms with Crippen molar-refractivity contribution < 1.29 is 19.4 Å². The number of amides is 1. The van der Waals surface area contributed by atoms with Gasteiger partial charge in [-0.2, -0.15) is 8.42 Å². The molecule has 3 N–H and O–H groups in total. The van der Waals surface area contributed by atoms with Crippen molar-refractivity contribution in [1.29, 1.82) is 0 Å². The Morgan fingerprint density at radius 1 is 1.18 bits per heavy atom. The number of hydrogen-bond acceptors (Lipinski definition) is 9. The molecule has 4 heterocycles. The van der Waals surface area contributed by atoms with Crippen LogP contribution in [0.25, 0.3) is 11.3 Å². The van der Waals surface area contributed by atoms with Gasteiger partial charge >= 0.3 is 0 Å². The number of nitrogen functional groups attached to an aromatic ring is 1. The summed E-state index contributed by atoms with van der Waals surface area (Å²) in [7, 11) is -4.25. The van der Waals surface area contributed by atoms with E-state index in [-0.39, 0.29) is 29.4 Å². The molecule has 0 bridgehead atoms. The topological polar surface area (TPSA) is 140 Å². The zero-order chi connectivity index (χ0) is 27.7. The second-order valence-corrected chi connectivity index (χ2v) is 12.4. The lowest BCUT2D eigenvalue weighted by molar-refractivity contribution is 0.0981. The molecule has 10 nitrogen and oxygen atoms in total. The maximum Gasteiger partial charge on any atom is 0.281 e. The first-order valence-electron chi connectivity index (χ1n) is 12.5. The van der Waals surface area contributed by atoms with E-state index in [1.165, 1.54) is 18.2 Å². The van der Waals surface area contributed by atoms with Crippen molar-refractivity contribution >= 4 is 27.6 Å². The fourth-order valence-electron chi connectivity index (χ4n) is 4.87. The maximum absolute atomic E-state index is 13.4. The van der Waals surface area contributed by atoms with Crippen LogP contribution in [0, 0.1) is 11.3 Å². The average molecular weight is 541 g/mol. The lowest BCUT2D eigenvalue weighted by atomic mass is 9.79. The number of carbonyl (C=O) groups is 1. The zero-order valence-corrected chi connectivity index (χ0v) is 23.1. The average Bonchev–Trinajstić information content (AvgIpc) is 2.82. The van der Waals surface area contributed by atoms with Crippen LogP contribution in [0.15, 0.2) is 53.7 Å². The lowest BCUT2D eigenvalue weighted by Gasteiger charge is -2.42. The predicted octanol–water partition coefficient (Wildman–Crippen LogP) is 4.15. The second kappa shape index (κ2) is 10.6. The van der Waals surface area contributed by atoms with E-state index in [2.05, 4.69) is 40.4 Å². The van der Waals surface area contributed by atoms with E-state index in [1.807, 2.05) is 19.9 Å². The molecular weight excluding hydrogens is 504 g/mol. The van der Waals surface area contributed by atoms with Gasteiger partial charge in [0.25, 0.3) is 15.9 Å². The van der Waals surface area contributed by atoms with Crippen LogP contribution >= 0.6 is 0 Å². The van der Waals surface area contributed by atoms with Crippen LogP contribution in [-0.4, -0.2) is 48.5 Å². The minimum Gasteiger partial charge on any atom is -0.475 e. The van der Waals surface area contributed by atoms with E-state index in [9.17, 15) is 13.2 Å². The molecule has 11 heteroatoms. The maximum atomic E-state index is 13.4. The van der Waals surface area contributed by atoms with Crippen LogP contribution in [0.1, 0.15) is 52.8 Å². The van der Waals surface area contributed by atoms with Gasteiger partial charge in [0.15, 0.2) is 5.03 Å². The van der Waals surface area contributed by atoms with Crippen LogP contribution in [0.5, 0.6) is 5.88 Å². The molecule has 1 saturated heterocycles. The Kier molecular flexibility index (Phi) is 7.59. The molecule has 0 saturated carbocycles. The molecule has 1 fully saturated rings. The van der Waals surface area contributed by atoms with Gasteiger partial charge in [-0.1, -0.05) is 26.8 Å². The summed E-state index contributed by atoms with van der Waals surface area (Å²) in [6.45, 7) is 11.7. The molecule has 1 aliphatic heterocycles. The number of anilines is 2. The number of ether oxygens (including phenoxy) is 1. The number of pyridine rings is 3. The largest absolute Gasteiger partial charge is 0.475 e. The van der Waals surface area contributed by atoms with E-state index < -0.39 is 15.9 Å². The number of sulfonamides is 1. The highest BCUT2D eigenvalue weighted by Gasteiger charge is 2.34. The number of nitrogens with one attached hydrogen (secondary N) is 1. The van der Waals surface area contributed by atoms with Gasteiger partial charge in [0.1, 0.15) is 11.6 Å². The van der Waals surface area contributed by atoms with Crippen LogP contribution in [-0.2, 0) is 10.0 Å². The number of nitrogens with two attached hydrogens (primary N) is 1. The first-order chi connectivity index (χ1) is 17.8. The zero-order valence-electron chi connectivity index (χ0n) is 22.3. The Morgan fingerprint density at radius 2 is 1.95 bits per heavy atom. The summed E-state index contributed by atoms with van der Waals surface area (Å²) in [6, 6.07) is 11.1. The second-order valence-electron chi connectivity index (χ2n) is 10.8. The normalized spacial score (nSPS) is 17.3. The first kappa shape index (κ1) is 27.3. The fourth-order valence-corrected chi connectivity index (χ4v) is 5.81. The van der Waals surface area contributed by atoms with Crippen LogP contribution in [0.2, 0.25) is 0 Å². The van der Waals surface area contributed by atoms with Crippen LogP contribution in [0.4, 0.5) is 11.6 Å². The molecule has 3 aromatic rings. The number of nitrogens with zero attached hydrogens (tertiary/aromatic N) is 4. The molecule has 38 heavy (non-hydrogen) atoms. The fraction of sp³-hybridized carbons (Fsp3) is 0.407. The van der Waals surface area contributed by atoms with Gasteiger partial charge in [-0.15, -0.1) is 0 Å². The number of aromatic nitrogens is 3. The molecule has 4 rings (SSSR count). The molecular formula is C27H36N6O4S. The highest BCUT2D eigenvalue weighted by molar-refractivity contribution is 7.90. The molecule has 1 aliphatic rings. The summed E-state index contributed by atoms with van der Waals surface area (Å²) in [6.07, 6.45) is 2.70. The Hall–Kier alpha value is -3.73. The number of hydrogen-bond donors (Lipinski definition) is 2. The summed E-state index contributed by atoms with van der Waals surface area (Å²) < 4.78 is 33.6. The van der Waals surface area contributed by atoms with Crippen molar-refractivity contribution in [3.05, 3.63) is 54.2 Å². The number of piperidine rings is 1. The summed E-state index contributed by atoms with van der Waals surface area (Å²) in [5.41, 5.74) is 7.13. The van der Waals surface area contributed by atoms with Gasteiger partial charge in [-0.05, 0) is 61.9 Å². The van der Waals surface area contributed by atoms with E-state index in [1.54, 1.807) is 24.4 Å². The number of rotatable bonds is 7. The van der Waals surface area contributed by atoms with Crippen molar-refractivity contribution in [3.63, 3.8) is 0 Å². The van der Waals surface area contributed by atoms with E-state index in [0.29, 0.717) is 36.4 Å². The van der Waals surface area contributed by atoms with Gasteiger partial charge in [-0.25, -0.2) is 19.7 Å². The van der Waals surface area contributed by atoms with Gasteiger partial charge in [0, 0.05) is 32.3 Å². The molecule has 1 unspecified atom stereocenters. The summed E-state index contributed by atoms with van der Waals surface area (Å²) in [5, 5.41) is -0.334. The Labute approximate surface area is 225 Å². The molecule has 0 aliphatic carbocycles. The van der Waals surface area contributed by atoms with E-state index in [4.69, 9.17) is 15.5 Å². The van der Waals surface area contributed by atoms with Crippen molar-refractivity contribution in [3.8, 4) is 17.1 Å². The van der Waals surface area contributed by atoms with E-state index in [0.717, 1.165) is 12.0 Å². The number of carbonyl (C=O) groups excluding carboxylic acids is 1. The first-order valence-corrected chi connectivity index (χ1v) is 14.0. The molecule has 204 valence electrons. The molecule has 0 spiro atoms. The summed E-state index contributed by atoms with van der Waals surface area (Å²) in [5.74, 6) is 0.521. The Balaban J connectivity index is 0.00000420. The molecule has 3 aromatic heterocycles. The van der Waals surface area contributed by atoms with Crippen molar-refractivity contribution in [2.45, 2.75) is 52.2 Å². The molecule has 1 atom stereocenters. The van der Waals surface area contributed by atoms with Crippen LogP contribution < -0.4 is 20.1 Å². The van der Waals surface area contributed by atoms with E-state index >= 15 is 0 Å². The van der Waals surface area contributed by atoms with Crippen molar-refractivity contribution in [2.75, 3.05) is 23.7 Å². The summed E-state index contributed by atoms with van der Waals surface area (Å²) >= 11 is 0. The monoisotopic (exact) mass is 540 g/mol. The highest BCUT2D eigenvalue weighted by atomic mass is 32.2. The standard InChI is InChI=1S/C27H34N6O4S.H2/c1-17(2)37-23-12-9-19(14-29-23)21-11-10-20(25(30-21)33-15-18(3)13-27(4,5)16-33)26(34)32-38(35,36)24-8-6-7-22(28)31-24;/h6-12,14,17-18H,13,15-16H2,1-5H3,(H2,28,31)(H,32,34);1H. The van der Waals surface area contributed by atoms with Gasteiger partial charge < -0.3 is 15.4 Å². The minimum absolute atomic E-state index is 0. The smallest absolute Gasteiger partial charge is 0.281 e. The van der Waals surface area contributed by atoms with Gasteiger partial charge in [-0.3, -0.25) is 4.79 Å². The molecule has 1 amide bonds. The minimum atomic E-state index is -4.25. The van der Waals surface area contributed by atoms with Crippen molar-refractivity contribution in [1.82, 2.24) is 19.7 Å². The third-order valence-corrected chi connectivity index (χ3v) is 7.34. The Morgan fingerprint density at radius 3 is 2.58 bits per heavy atom.